The highest BCUT2D eigenvalue weighted by Crippen LogP contribution is 2.22. The minimum Gasteiger partial charge on any atom is -0.408 e. The van der Waals surface area contributed by atoms with Gasteiger partial charge in [0.05, 0.1) is 6.04 Å². The van der Waals surface area contributed by atoms with E-state index in [4.69, 9.17) is 4.42 Å². The number of piperidine rings is 1. The number of rotatable bonds is 5. The molecule has 9 nitrogen and oxygen atoms in total. The van der Waals surface area contributed by atoms with Crippen molar-refractivity contribution in [1.82, 2.24) is 20.8 Å². The van der Waals surface area contributed by atoms with Crippen molar-refractivity contribution < 1.29 is 18.8 Å². The van der Waals surface area contributed by atoms with E-state index in [0.29, 0.717) is 18.9 Å². The highest BCUT2D eigenvalue weighted by atomic mass is 16.4. The SMILES string of the molecule is CC(C)C(Nc1nnc(C(C)(C)C)o1)C(=O)NC1CCNC(=O)C1=O. The topological polar surface area (TPSA) is 126 Å². The number of hydrogen-bond acceptors (Lipinski definition) is 7. The zero-order chi connectivity index (χ0) is 18.8. The molecule has 138 valence electrons. The van der Waals surface area contributed by atoms with Gasteiger partial charge in [-0.05, 0) is 12.3 Å². The molecule has 3 N–H and O–H groups in total. The average molecular weight is 351 g/mol. The summed E-state index contributed by atoms with van der Waals surface area (Å²) >= 11 is 0. The summed E-state index contributed by atoms with van der Waals surface area (Å²) in [6.07, 6.45) is 0.371. The second-order valence-corrected chi connectivity index (χ2v) is 7.50. The van der Waals surface area contributed by atoms with Crippen molar-refractivity contribution in [1.29, 1.82) is 0 Å². The van der Waals surface area contributed by atoms with Crippen molar-refractivity contribution in [2.45, 2.75) is 58.5 Å². The van der Waals surface area contributed by atoms with Crippen LogP contribution in [0.15, 0.2) is 4.42 Å². The molecular formula is C16H25N5O4. The highest BCUT2D eigenvalue weighted by Gasteiger charge is 2.33. The molecule has 0 aliphatic carbocycles. The number of Topliss-reactive ketones (excluding diaryl/α,β-unsaturated/α-hetero) is 1. The number of nitrogens with one attached hydrogen (secondary N) is 3. The van der Waals surface area contributed by atoms with E-state index in [0.717, 1.165) is 0 Å². The number of nitrogens with zero attached hydrogens (tertiary/aromatic N) is 2. The Morgan fingerprint density at radius 1 is 1.28 bits per heavy atom. The second kappa shape index (κ2) is 7.20. The molecule has 1 aromatic rings. The van der Waals surface area contributed by atoms with Gasteiger partial charge in [-0.2, -0.15) is 0 Å². The fourth-order valence-electron chi connectivity index (χ4n) is 2.36. The van der Waals surface area contributed by atoms with Gasteiger partial charge >= 0.3 is 6.01 Å². The van der Waals surface area contributed by atoms with Crippen LogP contribution >= 0.6 is 0 Å². The Morgan fingerprint density at radius 3 is 2.52 bits per heavy atom. The summed E-state index contributed by atoms with van der Waals surface area (Å²) in [5.41, 5.74) is -0.301. The number of aromatic nitrogens is 2. The zero-order valence-electron chi connectivity index (χ0n) is 15.2. The van der Waals surface area contributed by atoms with Crippen LogP contribution in [-0.4, -0.2) is 46.4 Å². The summed E-state index contributed by atoms with van der Waals surface area (Å²) in [7, 11) is 0. The van der Waals surface area contributed by atoms with E-state index in [9.17, 15) is 14.4 Å². The largest absolute Gasteiger partial charge is 0.408 e. The Balaban J connectivity index is 2.07. The lowest BCUT2D eigenvalue weighted by atomic mass is 9.97. The van der Waals surface area contributed by atoms with Crippen LogP contribution in [0.25, 0.3) is 0 Å². The zero-order valence-corrected chi connectivity index (χ0v) is 15.2. The number of amides is 2. The van der Waals surface area contributed by atoms with E-state index in [1.54, 1.807) is 0 Å². The van der Waals surface area contributed by atoms with Crippen molar-refractivity contribution >= 4 is 23.6 Å². The summed E-state index contributed by atoms with van der Waals surface area (Å²) in [5, 5.41) is 15.9. The third kappa shape index (κ3) is 4.55. The molecule has 2 atom stereocenters. The quantitative estimate of drug-likeness (QED) is 0.655. The van der Waals surface area contributed by atoms with Crippen LogP contribution in [0.4, 0.5) is 6.01 Å². The first-order valence-corrected chi connectivity index (χ1v) is 8.32. The summed E-state index contributed by atoms with van der Waals surface area (Å²) in [6, 6.07) is -1.34. The van der Waals surface area contributed by atoms with Crippen LogP contribution in [-0.2, 0) is 19.8 Å². The van der Waals surface area contributed by atoms with Crippen LogP contribution < -0.4 is 16.0 Å². The van der Waals surface area contributed by atoms with Gasteiger partial charge in [-0.15, -0.1) is 5.10 Å². The summed E-state index contributed by atoms with van der Waals surface area (Å²) in [5.74, 6) is -1.33. The van der Waals surface area contributed by atoms with Crippen molar-refractivity contribution in [3.8, 4) is 0 Å². The van der Waals surface area contributed by atoms with Gasteiger partial charge < -0.3 is 20.4 Å². The molecule has 1 aromatic heterocycles. The molecule has 0 spiro atoms. The molecule has 0 bridgehead atoms. The average Bonchev–Trinajstić information content (AvgIpc) is 2.98. The molecule has 2 rings (SSSR count). The standard InChI is InChI=1S/C16H25N5O4/c1-8(2)10(19-15-21-20-14(25-15)16(3,4)5)12(23)18-9-6-7-17-13(24)11(9)22/h8-10H,6-7H2,1-5H3,(H,17,24)(H,18,23)(H,19,21). The first kappa shape index (κ1) is 18.9. The Morgan fingerprint density at radius 2 is 1.96 bits per heavy atom. The molecular weight excluding hydrogens is 326 g/mol. The lowest BCUT2D eigenvalue weighted by Gasteiger charge is -2.26. The van der Waals surface area contributed by atoms with Gasteiger partial charge in [0.1, 0.15) is 6.04 Å². The molecule has 2 amide bonds. The monoisotopic (exact) mass is 351 g/mol. The molecule has 1 saturated heterocycles. The Bertz CT molecular complexity index is 662. The van der Waals surface area contributed by atoms with E-state index < -0.39 is 29.7 Å². The molecule has 1 aliphatic heterocycles. The number of carbonyl (C=O) groups excluding carboxylic acids is 3. The smallest absolute Gasteiger partial charge is 0.316 e. The summed E-state index contributed by atoms with van der Waals surface area (Å²) in [4.78, 5) is 35.8. The summed E-state index contributed by atoms with van der Waals surface area (Å²) in [6.45, 7) is 9.89. The van der Waals surface area contributed by atoms with E-state index in [2.05, 4.69) is 26.1 Å². The molecule has 25 heavy (non-hydrogen) atoms. The van der Waals surface area contributed by atoms with Crippen LogP contribution in [0.2, 0.25) is 0 Å². The first-order valence-electron chi connectivity index (χ1n) is 8.32. The maximum Gasteiger partial charge on any atom is 0.316 e. The lowest BCUT2D eigenvalue weighted by molar-refractivity contribution is -0.141. The summed E-state index contributed by atoms with van der Waals surface area (Å²) < 4.78 is 5.56. The highest BCUT2D eigenvalue weighted by molar-refractivity contribution is 6.39. The van der Waals surface area contributed by atoms with Crippen molar-refractivity contribution in [2.75, 3.05) is 11.9 Å². The van der Waals surface area contributed by atoms with E-state index >= 15 is 0 Å². The minimum atomic E-state index is -0.808. The first-order chi connectivity index (χ1) is 11.6. The van der Waals surface area contributed by atoms with Crippen LogP contribution in [0.1, 0.15) is 46.9 Å². The Kier molecular flexibility index (Phi) is 5.44. The van der Waals surface area contributed by atoms with Gasteiger partial charge in [-0.1, -0.05) is 39.7 Å². The number of hydrogen-bond donors (Lipinski definition) is 3. The molecule has 0 aromatic carbocycles. The molecule has 1 fully saturated rings. The fraction of sp³-hybridized carbons (Fsp3) is 0.688. The van der Waals surface area contributed by atoms with E-state index in [-0.39, 0.29) is 17.3 Å². The molecule has 0 radical (unpaired) electrons. The van der Waals surface area contributed by atoms with E-state index in [1.165, 1.54) is 0 Å². The third-order valence-electron chi connectivity index (χ3n) is 3.87. The molecule has 0 saturated carbocycles. The van der Waals surface area contributed by atoms with Crippen LogP contribution in [0.3, 0.4) is 0 Å². The maximum absolute atomic E-state index is 12.6. The van der Waals surface area contributed by atoms with Gasteiger partial charge in [0.15, 0.2) is 0 Å². The van der Waals surface area contributed by atoms with Crippen molar-refractivity contribution in [3.63, 3.8) is 0 Å². The Hall–Kier alpha value is -2.45. The third-order valence-corrected chi connectivity index (χ3v) is 3.87. The molecule has 9 heteroatoms. The Labute approximate surface area is 146 Å². The van der Waals surface area contributed by atoms with Gasteiger partial charge in [0.25, 0.3) is 5.91 Å². The van der Waals surface area contributed by atoms with Crippen molar-refractivity contribution in [2.24, 2.45) is 5.92 Å². The van der Waals surface area contributed by atoms with Crippen LogP contribution in [0, 0.1) is 5.92 Å². The number of anilines is 1. The van der Waals surface area contributed by atoms with Crippen LogP contribution in [0.5, 0.6) is 0 Å². The second-order valence-electron chi connectivity index (χ2n) is 7.50. The lowest BCUT2D eigenvalue weighted by Crippen LogP contribution is -2.56. The fourth-order valence-corrected chi connectivity index (χ4v) is 2.36. The maximum atomic E-state index is 12.6. The predicted molar refractivity (Wildman–Crippen MR) is 89.8 cm³/mol. The number of ketones is 1. The predicted octanol–water partition coefficient (Wildman–Crippen LogP) is 0.377. The molecule has 2 unspecified atom stereocenters. The van der Waals surface area contributed by atoms with Gasteiger partial charge in [0.2, 0.25) is 17.6 Å². The normalized spacial score (nSPS) is 19.5. The molecule has 2 heterocycles. The minimum absolute atomic E-state index is 0.0995. The van der Waals surface area contributed by atoms with Gasteiger partial charge in [0, 0.05) is 12.0 Å². The molecule has 1 aliphatic rings. The van der Waals surface area contributed by atoms with Gasteiger partial charge in [-0.3, -0.25) is 14.4 Å². The van der Waals surface area contributed by atoms with E-state index in [1.807, 2.05) is 34.6 Å². The number of carbonyl (C=O) groups is 3. The van der Waals surface area contributed by atoms with Gasteiger partial charge in [-0.25, -0.2) is 0 Å². The van der Waals surface area contributed by atoms with Crippen molar-refractivity contribution in [3.05, 3.63) is 5.89 Å².